The number of aliphatic hydroxyl groups excluding tert-OH is 1. The van der Waals surface area contributed by atoms with Gasteiger partial charge in [-0.3, -0.25) is 9.59 Å². The lowest BCUT2D eigenvalue weighted by Crippen LogP contribution is -2.59. The largest absolute Gasteiger partial charge is 0.444 e. The van der Waals surface area contributed by atoms with E-state index in [4.69, 9.17) is 4.74 Å². The summed E-state index contributed by atoms with van der Waals surface area (Å²) < 4.78 is 5.27. The van der Waals surface area contributed by atoms with Crippen molar-refractivity contribution in [3.63, 3.8) is 0 Å². The molecule has 3 N–H and O–H groups in total. The minimum Gasteiger partial charge on any atom is -0.444 e. The number of aryl methyl sites for hydroxylation is 2. The Balaban J connectivity index is 3.45. The number of carbonyl (C=O) groups excluding carboxylic acids is 3. The maximum Gasteiger partial charge on any atom is 0.408 e. The Morgan fingerprint density at radius 2 is 1.57 bits per heavy atom. The molecule has 0 radical (unpaired) electrons. The fourth-order valence-electron chi connectivity index (χ4n) is 3.92. The van der Waals surface area contributed by atoms with Crippen molar-refractivity contribution in [3.8, 4) is 0 Å². The van der Waals surface area contributed by atoms with Crippen molar-refractivity contribution in [1.82, 2.24) is 15.5 Å². The topological polar surface area (TPSA) is 108 Å². The van der Waals surface area contributed by atoms with E-state index in [0.717, 1.165) is 30.4 Å². The Morgan fingerprint density at radius 3 is 2.03 bits per heavy atom. The van der Waals surface area contributed by atoms with Crippen molar-refractivity contribution in [3.05, 3.63) is 34.9 Å². The number of unbranched alkanes of at least 4 members (excludes halogenated alkanes) is 2. The molecule has 0 aliphatic carbocycles. The van der Waals surface area contributed by atoms with Crippen molar-refractivity contribution >= 4 is 17.9 Å². The van der Waals surface area contributed by atoms with Gasteiger partial charge in [0.25, 0.3) is 0 Å². The monoisotopic (exact) mass is 491 g/mol. The highest BCUT2D eigenvalue weighted by molar-refractivity contribution is 5.92. The smallest absolute Gasteiger partial charge is 0.408 e. The van der Waals surface area contributed by atoms with Gasteiger partial charge in [-0.15, -0.1) is 0 Å². The van der Waals surface area contributed by atoms with E-state index in [2.05, 4.69) is 17.6 Å². The first kappa shape index (κ1) is 30.4. The minimum absolute atomic E-state index is 0.302. The Labute approximate surface area is 210 Å². The first-order valence-electron chi connectivity index (χ1n) is 12.4. The van der Waals surface area contributed by atoms with E-state index in [9.17, 15) is 19.5 Å². The van der Waals surface area contributed by atoms with Crippen LogP contribution >= 0.6 is 0 Å². The van der Waals surface area contributed by atoms with Crippen LogP contribution in [0, 0.1) is 13.8 Å². The molecule has 1 aromatic carbocycles. The van der Waals surface area contributed by atoms with Gasteiger partial charge in [0.1, 0.15) is 17.7 Å². The van der Waals surface area contributed by atoms with Crippen molar-refractivity contribution < 1.29 is 24.2 Å². The van der Waals surface area contributed by atoms with Gasteiger partial charge in [-0.25, -0.2) is 4.79 Å². The van der Waals surface area contributed by atoms with Crippen LogP contribution in [0.5, 0.6) is 0 Å². The van der Waals surface area contributed by atoms with Gasteiger partial charge in [-0.1, -0.05) is 49.1 Å². The molecule has 1 aromatic rings. The number of amides is 3. The maximum absolute atomic E-state index is 13.8. The number of hydrogen-bond donors (Lipinski definition) is 3. The standard InChI is InChI=1S/C27H45N3O5/c1-10-11-12-13-28-23(32)22(20-15-18(2)14-19(3)16-20)30(26(4,5)6)24(33)21(17-31)29-25(34)35-27(7,8)9/h14-16,21-22,31H,10-13,17H2,1-9H3,(H,28,32)(H,29,34). The van der Waals surface area contributed by atoms with Crippen LogP contribution in [0.4, 0.5) is 4.79 Å². The summed E-state index contributed by atoms with van der Waals surface area (Å²) in [5, 5.41) is 15.5. The average Bonchev–Trinajstić information content (AvgIpc) is 2.69. The van der Waals surface area contributed by atoms with Crippen molar-refractivity contribution in [2.75, 3.05) is 13.2 Å². The van der Waals surface area contributed by atoms with Crippen LogP contribution in [0.25, 0.3) is 0 Å². The van der Waals surface area contributed by atoms with Crippen LogP contribution in [-0.4, -0.2) is 58.2 Å². The van der Waals surface area contributed by atoms with Crippen molar-refractivity contribution in [1.29, 1.82) is 0 Å². The van der Waals surface area contributed by atoms with Gasteiger partial charge in [0.05, 0.1) is 6.61 Å². The molecular formula is C27H45N3O5. The molecule has 35 heavy (non-hydrogen) atoms. The molecule has 0 aliphatic heterocycles. The van der Waals surface area contributed by atoms with Gasteiger partial charge in [0.15, 0.2) is 0 Å². The van der Waals surface area contributed by atoms with Crippen LogP contribution in [0.1, 0.15) is 90.5 Å². The highest BCUT2D eigenvalue weighted by Gasteiger charge is 2.41. The molecule has 198 valence electrons. The molecular weight excluding hydrogens is 446 g/mol. The van der Waals surface area contributed by atoms with E-state index >= 15 is 0 Å². The lowest BCUT2D eigenvalue weighted by molar-refractivity contribution is -0.149. The number of carbonyl (C=O) groups is 3. The summed E-state index contributed by atoms with van der Waals surface area (Å²) in [6.07, 6.45) is 2.04. The molecule has 0 aromatic heterocycles. The predicted molar refractivity (Wildman–Crippen MR) is 138 cm³/mol. The van der Waals surface area contributed by atoms with Gasteiger partial charge >= 0.3 is 6.09 Å². The van der Waals surface area contributed by atoms with Crippen LogP contribution in [0.3, 0.4) is 0 Å². The third-order valence-electron chi connectivity index (χ3n) is 5.28. The number of nitrogens with one attached hydrogen (secondary N) is 2. The van der Waals surface area contributed by atoms with Gasteiger partial charge in [0.2, 0.25) is 11.8 Å². The molecule has 0 bridgehead atoms. The first-order valence-corrected chi connectivity index (χ1v) is 12.4. The number of alkyl carbamates (subject to hydrolysis) is 1. The molecule has 0 heterocycles. The molecule has 0 spiro atoms. The molecule has 0 saturated heterocycles. The number of aliphatic hydroxyl groups is 1. The van der Waals surface area contributed by atoms with E-state index in [1.807, 2.05) is 52.8 Å². The number of hydrogen-bond acceptors (Lipinski definition) is 5. The molecule has 8 heteroatoms. The van der Waals surface area contributed by atoms with Crippen molar-refractivity contribution in [2.45, 2.75) is 105 Å². The zero-order valence-electron chi connectivity index (χ0n) is 22.9. The van der Waals surface area contributed by atoms with E-state index in [1.165, 1.54) is 4.90 Å². The first-order chi connectivity index (χ1) is 16.1. The number of rotatable bonds is 10. The van der Waals surface area contributed by atoms with Crippen molar-refractivity contribution in [2.24, 2.45) is 0 Å². The summed E-state index contributed by atoms with van der Waals surface area (Å²) in [6.45, 7) is 16.4. The van der Waals surface area contributed by atoms with Gasteiger partial charge in [-0.05, 0) is 67.4 Å². The maximum atomic E-state index is 13.8. The predicted octanol–water partition coefficient (Wildman–Crippen LogP) is 4.16. The second kappa shape index (κ2) is 12.9. The summed E-state index contributed by atoms with van der Waals surface area (Å²) >= 11 is 0. The van der Waals surface area contributed by atoms with Crippen LogP contribution < -0.4 is 10.6 Å². The number of nitrogens with zero attached hydrogens (tertiary/aromatic N) is 1. The summed E-state index contributed by atoms with van der Waals surface area (Å²) in [4.78, 5) is 41.2. The quantitative estimate of drug-likeness (QED) is 0.426. The van der Waals surface area contributed by atoms with Crippen LogP contribution in [0.2, 0.25) is 0 Å². The fraction of sp³-hybridized carbons (Fsp3) is 0.667. The fourth-order valence-corrected chi connectivity index (χ4v) is 3.92. The highest BCUT2D eigenvalue weighted by atomic mass is 16.6. The van der Waals surface area contributed by atoms with Gasteiger partial charge in [0, 0.05) is 12.1 Å². The molecule has 2 atom stereocenters. The van der Waals surface area contributed by atoms with E-state index < -0.39 is 41.8 Å². The van der Waals surface area contributed by atoms with Gasteiger partial charge < -0.3 is 25.4 Å². The second-order valence-electron chi connectivity index (χ2n) is 11.1. The zero-order valence-corrected chi connectivity index (χ0v) is 22.9. The molecule has 3 amide bonds. The van der Waals surface area contributed by atoms with E-state index in [-0.39, 0.29) is 5.91 Å². The molecule has 0 aliphatic rings. The zero-order chi connectivity index (χ0) is 27.0. The highest BCUT2D eigenvalue weighted by Crippen LogP contribution is 2.31. The Morgan fingerprint density at radius 1 is 1.00 bits per heavy atom. The normalized spacial score (nSPS) is 13.5. The Bertz CT molecular complexity index is 850. The summed E-state index contributed by atoms with van der Waals surface area (Å²) in [5.74, 6) is -0.873. The summed E-state index contributed by atoms with van der Waals surface area (Å²) in [5.41, 5.74) is 1.04. The number of benzene rings is 1. The molecule has 8 nitrogen and oxygen atoms in total. The third kappa shape index (κ3) is 9.88. The van der Waals surface area contributed by atoms with Crippen LogP contribution in [0.15, 0.2) is 18.2 Å². The summed E-state index contributed by atoms with van der Waals surface area (Å²) in [7, 11) is 0. The van der Waals surface area contributed by atoms with E-state index in [1.54, 1.807) is 20.8 Å². The Hall–Kier alpha value is -2.61. The SMILES string of the molecule is CCCCCNC(=O)C(c1cc(C)cc(C)c1)N(C(=O)C(CO)NC(=O)OC(C)(C)C)C(C)(C)C. The molecule has 1 rings (SSSR count). The van der Waals surface area contributed by atoms with Crippen LogP contribution in [-0.2, 0) is 14.3 Å². The molecule has 0 saturated carbocycles. The third-order valence-corrected chi connectivity index (χ3v) is 5.28. The average molecular weight is 492 g/mol. The lowest BCUT2D eigenvalue weighted by atomic mass is 9.93. The second-order valence-corrected chi connectivity index (χ2v) is 11.1. The minimum atomic E-state index is -1.27. The lowest BCUT2D eigenvalue weighted by Gasteiger charge is -2.43. The number of ether oxygens (including phenoxy) is 1. The van der Waals surface area contributed by atoms with Gasteiger partial charge in [-0.2, -0.15) is 0 Å². The Kier molecular flexibility index (Phi) is 11.2. The van der Waals surface area contributed by atoms with E-state index in [0.29, 0.717) is 12.1 Å². The summed E-state index contributed by atoms with van der Waals surface area (Å²) in [6, 6.07) is 3.57. The molecule has 0 fully saturated rings. The molecule has 2 unspecified atom stereocenters.